The lowest BCUT2D eigenvalue weighted by Gasteiger charge is -2.34. The van der Waals surface area contributed by atoms with Crippen molar-refractivity contribution < 1.29 is 9.59 Å². The number of nitrogens with one attached hydrogen (secondary N) is 1. The minimum absolute atomic E-state index is 0.0177. The molecular weight excluding hydrogens is 242 g/mol. The smallest absolute Gasteiger partial charge is 0.315 e. The zero-order valence-electron chi connectivity index (χ0n) is 11.1. The van der Waals surface area contributed by atoms with Gasteiger partial charge >= 0.3 is 6.03 Å². The van der Waals surface area contributed by atoms with Gasteiger partial charge in [0.2, 0.25) is 0 Å². The summed E-state index contributed by atoms with van der Waals surface area (Å²) >= 11 is 0. The normalized spacial score (nSPS) is 19.0. The first kappa shape index (κ1) is 13.4. The summed E-state index contributed by atoms with van der Waals surface area (Å²) in [5.41, 5.74) is 7.00. The van der Waals surface area contributed by atoms with Crippen molar-refractivity contribution in [1.82, 2.24) is 10.2 Å². The molecule has 0 spiro atoms. The van der Waals surface area contributed by atoms with Crippen molar-refractivity contribution in [3.05, 3.63) is 35.4 Å². The lowest BCUT2D eigenvalue weighted by molar-refractivity contribution is 0.0963. The van der Waals surface area contributed by atoms with Crippen LogP contribution in [-0.4, -0.2) is 30.4 Å². The maximum atomic E-state index is 11.6. The van der Waals surface area contributed by atoms with E-state index >= 15 is 0 Å². The number of primary amides is 1. The van der Waals surface area contributed by atoms with Crippen molar-refractivity contribution in [2.45, 2.75) is 25.3 Å². The van der Waals surface area contributed by atoms with Crippen molar-refractivity contribution in [3.63, 3.8) is 0 Å². The van der Waals surface area contributed by atoms with Gasteiger partial charge in [-0.2, -0.15) is 0 Å². The Hall–Kier alpha value is -2.04. The largest absolute Gasteiger partial charge is 0.355 e. The summed E-state index contributed by atoms with van der Waals surface area (Å²) in [6.07, 6.45) is 2.94. The number of likely N-dealkylation sites (tertiary alicyclic amines) is 1. The van der Waals surface area contributed by atoms with E-state index in [1.54, 1.807) is 18.0 Å². The van der Waals surface area contributed by atoms with E-state index in [2.05, 4.69) is 5.32 Å². The Bertz CT molecular complexity index is 487. The highest BCUT2D eigenvalue weighted by Gasteiger charge is 2.26. The third-order valence-corrected chi connectivity index (χ3v) is 3.55. The van der Waals surface area contributed by atoms with Crippen LogP contribution in [0.2, 0.25) is 0 Å². The number of urea groups is 1. The number of nitrogens with two attached hydrogens (primary N) is 1. The summed E-state index contributed by atoms with van der Waals surface area (Å²) in [4.78, 5) is 24.8. The van der Waals surface area contributed by atoms with Crippen LogP contribution >= 0.6 is 0 Å². The SMILES string of the molecule is CNC(=O)c1cccc(C2CCCCN2C(N)=O)c1. The van der Waals surface area contributed by atoms with Gasteiger partial charge in [0, 0.05) is 19.2 Å². The molecule has 5 heteroatoms. The first-order chi connectivity index (χ1) is 9.13. The molecule has 1 aromatic carbocycles. The summed E-state index contributed by atoms with van der Waals surface area (Å²) < 4.78 is 0. The molecule has 0 saturated carbocycles. The Kier molecular flexibility index (Phi) is 4.04. The monoisotopic (exact) mass is 261 g/mol. The number of hydrogen-bond acceptors (Lipinski definition) is 2. The Balaban J connectivity index is 2.29. The molecule has 19 heavy (non-hydrogen) atoms. The molecule has 1 aromatic rings. The molecule has 1 heterocycles. The Morgan fingerprint density at radius 1 is 1.37 bits per heavy atom. The van der Waals surface area contributed by atoms with Crippen LogP contribution in [0.3, 0.4) is 0 Å². The zero-order valence-corrected chi connectivity index (χ0v) is 11.1. The third kappa shape index (κ3) is 2.86. The highest BCUT2D eigenvalue weighted by atomic mass is 16.2. The molecule has 3 N–H and O–H groups in total. The second-order valence-corrected chi connectivity index (χ2v) is 4.75. The molecule has 102 valence electrons. The van der Waals surface area contributed by atoms with Crippen molar-refractivity contribution in [2.75, 3.05) is 13.6 Å². The quantitative estimate of drug-likeness (QED) is 0.849. The van der Waals surface area contributed by atoms with Gasteiger partial charge in [-0.25, -0.2) is 4.79 Å². The van der Waals surface area contributed by atoms with Crippen molar-refractivity contribution >= 4 is 11.9 Å². The summed E-state index contributed by atoms with van der Waals surface area (Å²) in [6.45, 7) is 0.685. The van der Waals surface area contributed by atoms with Gasteiger partial charge in [-0.1, -0.05) is 12.1 Å². The lowest BCUT2D eigenvalue weighted by Crippen LogP contribution is -2.41. The van der Waals surface area contributed by atoms with Crippen LogP contribution in [0.4, 0.5) is 4.79 Å². The van der Waals surface area contributed by atoms with E-state index < -0.39 is 6.03 Å². The molecular formula is C14H19N3O2. The highest BCUT2D eigenvalue weighted by Crippen LogP contribution is 2.30. The van der Waals surface area contributed by atoms with Crippen LogP contribution in [0, 0.1) is 0 Å². The number of carbonyl (C=O) groups is 2. The maximum Gasteiger partial charge on any atom is 0.315 e. The topological polar surface area (TPSA) is 75.4 Å². The molecule has 2 rings (SSSR count). The average Bonchev–Trinajstić information content (AvgIpc) is 2.46. The molecule has 1 fully saturated rings. The maximum absolute atomic E-state index is 11.6. The molecule has 1 aliphatic heterocycles. The van der Waals surface area contributed by atoms with Gasteiger partial charge in [0.25, 0.3) is 5.91 Å². The van der Waals surface area contributed by atoms with E-state index in [0.717, 1.165) is 24.8 Å². The number of hydrogen-bond donors (Lipinski definition) is 2. The van der Waals surface area contributed by atoms with Crippen LogP contribution in [0.1, 0.15) is 41.2 Å². The van der Waals surface area contributed by atoms with Crippen LogP contribution < -0.4 is 11.1 Å². The van der Waals surface area contributed by atoms with Crippen molar-refractivity contribution in [2.24, 2.45) is 5.73 Å². The number of piperidine rings is 1. The van der Waals surface area contributed by atoms with Gasteiger partial charge in [0.1, 0.15) is 0 Å². The van der Waals surface area contributed by atoms with E-state index in [-0.39, 0.29) is 11.9 Å². The van der Waals surface area contributed by atoms with Crippen LogP contribution in [0.5, 0.6) is 0 Å². The standard InChI is InChI=1S/C14H19N3O2/c1-16-13(18)11-6-4-5-10(9-11)12-7-2-3-8-17(12)14(15)19/h4-6,9,12H,2-3,7-8H2,1H3,(H2,15,19)(H,16,18). The predicted molar refractivity (Wildman–Crippen MR) is 72.7 cm³/mol. The molecule has 1 saturated heterocycles. The van der Waals surface area contributed by atoms with Gasteiger partial charge in [-0.3, -0.25) is 4.79 Å². The van der Waals surface area contributed by atoms with E-state index in [1.807, 2.05) is 18.2 Å². The fourth-order valence-corrected chi connectivity index (χ4v) is 2.57. The van der Waals surface area contributed by atoms with Crippen LogP contribution in [0.25, 0.3) is 0 Å². The highest BCUT2D eigenvalue weighted by molar-refractivity contribution is 5.94. The minimum atomic E-state index is -0.393. The second-order valence-electron chi connectivity index (χ2n) is 4.75. The zero-order chi connectivity index (χ0) is 13.8. The molecule has 0 radical (unpaired) electrons. The van der Waals surface area contributed by atoms with Crippen molar-refractivity contribution in [3.8, 4) is 0 Å². The number of carbonyl (C=O) groups excluding carboxylic acids is 2. The van der Waals surface area contributed by atoms with Gasteiger partial charge < -0.3 is 16.0 Å². The molecule has 1 aliphatic rings. The van der Waals surface area contributed by atoms with E-state index in [4.69, 9.17) is 5.73 Å². The molecule has 1 atom stereocenters. The van der Waals surface area contributed by atoms with E-state index in [1.165, 1.54) is 0 Å². The molecule has 3 amide bonds. The summed E-state index contributed by atoms with van der Waals surface area (Å²) in [7, 11) is 1.60. The fraction of sp³-hybridized carbons (Fsp3) is 0.429. The Morgan fingerprint density at radius 3 is 2.84 bits per heavy atom. The van der Waals surface area contributed by atoms with Gasteiger partial charge in [0.15, 0.2) is 0 Å². The van der Waals surface area contributed by atoms with Crippen LogP contribution in [0.15, 0.2) is 24.3 Å². The first-order valence-electron chi connectivity index (χ1n) is 6.51. The van der Waals surface area contributed by atoms with E-state index in [9.17, 15) is 9.59 Å². The fourth-order valence-electron chi connectivity index (χ4n) is 2.57. The molecule has 0 aromatic heterocycles. The van der Waals surface area contributed by atoms with Crippen LogP contribution in [-0.2, 0) is 0 Å². The molecule has 1 unspecified atom stereocenters. The first-order valence-corrected chi connectivity index (χ1v) is 6.51. The van der Waals surface area contributed by atoms with Gasteiger partial charge in [-0.15, -0.1) is 0 Å². The molecule has 5 nitrogen and oxygen atoms in total. The number of nitrogens with zero attached hydrogens (tertiary/aromatic N) is 1. The Morgan fingerprint density at radius 2 is 2.16 bits per heavy atom. The summed E-state index contributed by atoms with van der Waals surface area (Å²) in [6, 6.07) is 6.97. The third-order valence-electron chi connectivity index (χ3n) is 3.55. The number of amides is 3. The second kappa shape index (κ2) is 5.73. The van der Waals surface area contributed by atoms with Crippen molar-refractivity contribution in [1.29, 1.82) is 0 Å². The minimum Gasteiger partial charge on any atom is -0.355 e. The molecule has 0 bridgehead atoms. The number of benzene rings is 1. The lowest BCUT2D eigenvalue weighted by atomic mass is 9.94. The summed E-state index contributed by atoms with van der Waals surface area (Å²) in [5, 5.41) is 2.60. The Labute approximate surface area is 112 Å². The van der Waals surface area contributed by atoms with E-state index in [0.29, 0.717) is 12.1 Å². The summed E-state index contributed by atoms with van der Waals surface area (Å²) in [5.74, 6) is -0.122. The average molecular weight is 261 g/mol. The predicted octanol–water partition coefficient (Wildman–Crippen LogP) is 1.65. The molecule has 0 aliphatic carbocycles. The number of rotatable bonds is 2. The van der Waals surface area contributed by atoms with Gasteiger partial charge in [0.05, 0.1) is 6.04 Å². The van der Waals surface area contributed by atoms with Gasteiger partial charge in [-0.05, 0) is 37.0 Å².